The van der Waals surface area contributed by atoms with Crippen molar-refractivity contribution in [3.63, 3.8) is 0 Å². The number of halogens is 4. The van der Waals surface area contributed by atoms with Crippen LogP contribution in [-0.2, 0) is 6.18 Å². The summed E-state index contributed by atoms with van der Waals surface area (Å²) in [6, 6.07) is 4.21. The van der Waals surface area contributed by atoms with Gasteiger partial charge in [-0.2, -0.15) is 13.2 Å². The molecule has 1 aromatic carbocycles. The van der Waals surface area contributed by atoms with Gasteiger partial charge in [0.05, 0.1) is 17.7 Å². The van der Waals surface area contributed by atoms with Crippen LogP contribution in [0.4, 0.5) is 13.2 Å². The predicted octanol–water partition coefficient (Wildman–Crippen LogP) is 3.29. The molecule has 1 fully saturated rings. The Morgan fingerprint density at radius 3 is 2.26 bits per heavy atom. The number of alkyl halides is 3. The first-order valence-corrected chi connectivity index (χ1v) is 6.01. The Bertz CT molecular complexity index is 421. The van der Waals surface area contributed by atoms with Crippen molar-refractivity contribution in [3.05, 3.63) is 35.4 Å². The molecule has 0 spiro atoms. The minimum absolute atomic E-state index is 0. The van der Waals surface area contributed by atoms with Gasteiger partial charge in [0.15, 0.2) is 0 Å². The predicted molar refractivity (Wildman–Crippen MR) is 69.0 cm³/mol. The fraction of sp³-hybridized carbons (Fsp3) is 0.538. The topological polar surface area (TPSA) is 46.2 Å². The lowest BCUT2D eigenvalue weighted by molar-refractivity contribution is -0.138. The molecule has 1 saturated carbocycles. The molecule has 1 aromatic rings. The van der Waals surface area contributed by atoms with Crippen molar-refractivity contribution in [1.82, 2.24) is 0 Å². The van der Waals surface area contributed by atoms with Gasteiger partial charge in [-0.1, -0.05) is 24.6 Å². The summed E-state index contributed by atoms with van der Waals surface area (Å²) in [5.74, 6) is 0.0290. The summed E-state index contributed by atoms with van der Waals surface area (Å²) >= 11 is 0. The van der Waals surface area contributed by atoms with Crippen LogP contribution in [0, 0.1) is 5.92 Å². The second-order valence-electron chi connectivity index (χ2n) is 4.79. The van der Waals surface area contributed by atoms with E-state index < -0.39 is 23.9 Å². The first-order valence-electron chi connectivity index (χ1n) is 6.01. The van der Waals surface area contributed by atoms with E-state index in [2.05, 4.69) is 0 Å². The first-order chi connectivity index (χ1) is 8.41. The smallest absolute Gasteiger partial charge is 0.391 e. The second kappa shape index (κ2) is 6.11. The monoisotopic (exact) mass is 295 g/mol. The standard InChI is InChI=1S/C13H16F3NO.ClH/c14-13(15,16)10-7-2-1-6-9(10)11(17)12(18)8-4-3-5-8;/h1-2,6-8,11-12,18H,3-5,17H2;1H/t11-,12+;/m0./s1. The lowest BCUT2D eigenvalue weighted by Gasteiger charge is -2.34. The Hall–Kier alpha value is -0.780. The molecule has 2 rings (SSSR count). The van der Waals surface area contributed by atoms with E-state index in [9.17, 15) is 18.3 Å². The Labute approximate surface area is 116 Å². The van der Waals surface area contributed by atoms with Crippen LogP contribution in [0.5, 0.6) is 0 Å². The molecule has 0 heterocycles. The second-order valence-corrected chi connectivity index (χ2v) is 4.79. The molecule has 3 N–H and O–H groups in total. The van der Waals surface area contributed by atoms with Crippen LogP contribution in [0.2, 0.25) is 0 Å². The minimum Gasteiger partial charge on any atom is -0.391 e. The van der Waals surface area contributed by atoms with Crippen molar-refractivity contribution in [3.8, 4) is 0 Å². The third-order valence-corrected chi connectivity index (χ3v) is 3.63. The molecule has 0 radical (unpaired) electrons. The van der Waals surface area contributed by atoms with Gasteiger partial charge < -0.3 is 10.8 Å². The van der Waals surface area contributed by atoms with Gasteiger partial charge in [-0.25, -0.2) is 0 Å². The average molecular weight is 296 g/mol. The van der Waals surface area contributed by atoms with Crippen molar-refractivity contribution in [2.24, 2.45) is 11.7 Å². The van der Waals surface area contributed by atoms with Crippen LogP contribution in [0.1, 0.15) is 36.4 Å². The number of benzene rings is 1. The maximum absolute atomic E-state index is 12.8. The zero-order valence-electron chi connectivity index (χ0n) is 10.2. The quantitative estimate of drug-likeness (QED) is 0.899. The van der Waals surface area contributed by atoms with Crippen LogP contribution in [-0.4, -0.2) is 11.2 Å². The SMILES string of the molecule is Cl.N[C@@H](c1ccccc1C(F)(F)F)[C@H](O)C1CCC1. The van der Waals surface area contributed by atoms with Crippen LogP contribution in [0.25, 0.3) is 0 Å². The fourth-order valence-corrected chi connectivity index (χ4v) is 2.30. The van der Waals surface area contributed by atoms with Crippen molar-refractivity contribution in [2.75, 3.05) is 0 Å². The number of hydrogen-bond donors (Lipinski definition) is 2. The first kappa shape index (κ1) is 16.3. The van der Waals surface area contributed by atoms with E-state index in [1.807, 2.05) is 0 Å². The molecule has 2 nitrogen and oxygen atoms in total. The summed E-state index contributed by atoms with van der Waals surface area (Å²) in [6.07, 6.45) is -2.66. The van der Waals surface area contributed by atoms with Crippen LogP contribution in [0.15, 0.2) is 24.3 Å². The van der Waals surface area contributed by atoms with Gasteiger partial charge in [0.2, 0.25) is 0 Å². The summed E-state index contributed by atoms with van der Waals surface area (Å²) in [5, 5.41) is 9.99. The molecule has 2 atom stereocenters. The molecule has 0 bridgehead atoms. The molecule has 6 heteroatoms. The number of hydrogen-bond acceptors (Lipinski definition) is 2. The molecule has 0 aliphatic heterocycles. The lowest BCUT2D eigenvalue weighted by Crippen LogP contribution is -2.37. The summed E-state index contributed by atoms with van der Waals surface area (Å²) < 4.78 is 38.5. The summed E-state index contributed by atoms with van der Waals surface area (Å²) in [4.78, 5) is 0. The van der Waals surface area contributed by atoms with Gasteiger partial charge in [-0.05, 0) is 30.4 Å². The summed E-state index contributed by atoms with van der Waals surface area (Å²) in [7, 11) is 0. The van der Waals surface area contributed by atoms with E-state index >= 15 is 0 Å². The number of rotatable bonds is 3. The van der Waals surface area contributed by atoms with Gasteiger partial charge >= 0.3 is 6.18 Å². The molecule has 1 aliphatic rings. The van der Waals surface area contributed by atoms with Gasteiger partial charge in [0.1, 0.15) is 0 Å². The van der Waals surface area contributed by atoms with Crippen molar-refractivity contribution < 1.29 is 18.3 Å². The Kier molecular flexibility index (Phi) is 5.24. The third kappa shape index (κ3) is 3.41. The molecular formula is C13H17ClF3NO. The van der Waals surface area contributed by atoms with E-state index in [0.717, 1.165) is 25.3 Å². The molecule has 0 amide bonds. The van der Waals surface area contributed by atoms with Crippen LogP contribution in [0.3, 0.4) is 0 Å². The Morgan fingerprint density at radius 2 is 1.79 bits per heavy atom. The minimum atomic E-state index is -4.44. The molecule has 108 valence electrons. The highest BCUT2D eigenvalue weighted by Gasteiger charge is 2.38. The highest BCUT2D eigenvalue weighted by Crippen LogP contribution is 2.38. The molecule has 0 unspecified atom stereocenters. The van der Waals surface area contributed by atoms with E-state index in [1.54, 1.807) is 0 Å². The molecule has 19 heavy (non-hydrogen) atoms. The van der Waals surface area contributed by atoms with Gasteiger partial charge in [0, 0.05) is 0 Å². The fourth-order valence-electron chi connectivity index (χ4n) is 2.30. The van der Waals surface area contributed by atoms with E-state index in [1.165, 1.54) is 18.2 Å². The van der Waals surface area contributed by atoms with Crippen molar-refractivity contribution in [2.45, 2.75) is 37.6 Å². The highest BCUT2D eigenvalue weighted by molar-refractivity contribution is 5.85. The van der Waals surface area contributed by atoms with Crippen LogP contribution >= 0.6 is 12.4 Å². The maximum atomic E-state index is 12.8. The number of aliphatic hydroxyl groups excluding tert-OH is 1. The third-order valence-electron chi connectivity index (χ3n) is 3.63. The van der Waals surface area contributed by atoms with Gasteiger partial charge in [-0.15, -0.1) is 12.4 Å². The van der Waals surface area contributed by atoms with Crippen molar-refractivity contribution >= 4 is 12.4 Å². The highest BCUT2D eigenvalue weighted by atomic mass is 35.5. The largest absolute Gasteiger partial charge is 0.416 e. The van der Waals surface area contributed by atoms with E-state index in [0.29, 0.717) is 0 Å². The van der Waals surface area contributed by atoms with E-state index in [-0.39, 0.29) is 23.9 Å². The number of nitrogens with two attached hydrogens (primary N) is 1. The number of aliphatic hydroxyl groups is 1. The average Bonchev–Trinajstić information content (AvgIpc) is 2.24. The van der Waals surface area contributed by atoms with Crippen molar-refractivity contribution in [1.29, 1.82) is 0 Å². The summed E-state index contributed by atoms with van der Waals surface area (Å²) in [6.45, 7) is 0. The van der Waals surface area contributed by atoms with Gasteiger partial charge in [0.25, 0.3) is 0 Å². The van der Waals surface area contributed by atoms with Crippen LogP contribution < -0.4 is 5.73 Å². The zero-order chi connectivity index (χ0) is 13.3. The molecule has 0 saturated heterocycles. The van der Waals surface area contributed by atoms with Gasteiger partial charge in [-0.3, -0.25) is 0 Å². The molecular weight excluding hydrogens is 279 g/mol. The molecule has 0 aromatic heterocycles. The zero-order valence-corrected chi connectivity index (χ0v) is 11.0. The molecule has 1 aliphatic carbocycles. The summed E-state index contributed by atoms with van der Waals surface area (Å²) in [5.41, 5.74) is 5.02. The van der Waals surface area contributed by atoms with E-state index in [4.69, 9.17) is 5.73 Å². The Morgan fingerprint density at radius 1 is 1.21 bits per heavy atom. The Balaban J connectivity index is 0.00000180. The normalized spacial score (nSPS) is 19.2. The maximum Gasteiger partial charge on any atom is 0.416 e. The lowest BCUT2D eigenvalue weighted by atomic mass is 9.77.